The summed E-state index contributed by atoms with van der Waals surface area (Å²) in [5.74, 6) is -2.32. The van der Waals surface area contributed by atoms with Crippen LogP contribution in [0.3, 0.4) is 0 Å². The first-order valence-corrected chi connectivity index (χ1v) is 6.51. The van der Waals surface area contributed by atoms with Crippen molar-refractivity contribution in [3.05, 3.63) is 0 Å². The highest BCUT2D eigenvalue weighted by molar-refractivity contribution is 7.78. The lowest BCUT2D eigenvalue weighted by Crippen LogP contribution is -2.38. The number of isothiocyanates is 2. The molecule has 0 saturated carbocycles. The van der Waals surface area contributed by atoms with Crippen molar-refractivity contribution in [2.24, 2.45) is 9.98 Å². The molecule has 96 valence electrons. The molecule has 0 aliphatic carbocycles. The molecule has 0 fully saturated rings. The van der Waals surface area contributed by atoms with Gasteiger partial charge in [0.2, 0.25) is 0 Å². The smallest absolute Gasteiger partial charge is 0.297 e. The van der Waals surface area contributed by atoms with E-state index in [0.717, 1.165) is 19.3 Å². The predicted molar refractivity (Wildman–Crippen MR) is 74.4 cm³/mol. The molecule has 2 N–H and O–H groups in total. The second kappa shape index (κ2) is 9.54. The maximum absolute atomic E-state index is 9.59. The van der Waals surface area contributed by atoms with E-state index in [9.17, 15) is 10.2 Å². The third-order valence-electron chi connectivity index (χ3n) is 2.45. The number of aliphatic imine (C=N–C) groups is 2. The van der Waals surface area contributed by atoms with Gasteiger partial charge >= 0.3 is 0 Å². The molecule has 0 saturated heterocycles. The van der Waals surface area contributed by atoms with Gasteiger partial charge in [0.15, 0.2) is 0 Å². The van der Waals surface area contributed by atoms with Crippen molar-refractivity contribution in [3.63, 3.8) is 0 Å². The van der Waals surface area contributed by atoms with Crippen LogP contribution in [0.4, 0.5) is 0 Å². The van der Waals surface area contributed by atoms with Crippen molar-refractivity contribution >= 4 is 34.8 Å². The van der Waals surface area contributed by atoms with E-state index in [-0.39, 0.29) is 0 Å². The van der Waals surface area contributed by atoms with E-state index in [2.05, 4.69) is 46.5 Å². The molecule has 4 nitrogen and oxygen atoms in total. The Hall–Kier alpha value is -0.480. The Labute approximate surface area is 112 Å². The standard InChI is InChI=1S/C11H18N2O2S2/c1-2-3-4-5-6-7-10(12-8-16)11(14,15)13-9-17/h10,14-15H,2-7H2,1H3. The van der Waals surface area contributed by atoms with Crippen molar-refractivity contribution < 1.29 is 10.2 Å². The van der Waals surface area contributed by atoms with Gasteiger partial charge < -0.3 is 10.2 Å². The zero-order valence-corrected chi connectivity index (χ0v) is 11.6. The number of unbranched alkanes of at least 4 members (excludes halogenated alkanes) is 4. The zero-order chi connectivity index (χ0) is 13.1. The summed E-state index contributed by atoms with van der Waals surface area (Å²) in [6, 6.07) is -0.822. The fourth-order valence-corrected chi connectivity index (χ4v) is 1.75. The molecule has 0 aliphatic rings. The SMILES string of the molecule is CCCCCCCC(N=C=S)C(O)(O)N=C=S. The Morgan fingerprint density at radius 3 is 2.29 bits per heavy atom. The lowest BCUT2D eigenvalue weighted by Gasteiger charge is -2.21. The number of nitrogens with zero attached hydrogens (tertiary/aromatic N) is 2. The van der Waals surface area contributed by atoms with Gasteiger partial charge in [-0.2, -0.15) is 4.99 Å². The molecule has 0 radical (unpaired) electrons. The lowest BCUT2D eigenvalue weighted by molar-refractivity contribution is -0.168. The highest BCUT2D eigenvalue weighted by Gasteiger charge is 2.33. The topological polar surface area (TPSA) is 65.2 Å². The van der Waals surface area contributed by atoms with Crippen LogP contribution in [-0.4, -0.2) is 32.5 Å². The average molecular weight is 274 g/mol. The van der Waals surface area contributed by atoms with Crippen molar-refractivity contribution in [1.82, 2.24) is 0 Å². The monoisotopic (exact) mass is 274 g/mol. The number of hydrogen-bond acceptors (Lipinski definition) is 6. The van der Waals surface area contributed by atoms with Crippen LogP contribution in [0.1, 0.15) is 45.4 Å². The third-order valence-corrected chi connectivity index (χ3v) is 2.64. The van der Waals surface area contributed by atoms with Gasteiger partial charge in [-0.3, -0.25) is 0 Å². The molecule has 0 aromatic rings. The Kier molecular flexibility index (Phi) is 9.27. The number of thiocarbonyl (C=S) groups is 2. The van der Waals surface area contributed by atoms with Gasteiger partial charge in [0.25, 0.3) is 5.91 Å². The predicted octanol–water partition coefficient (Wildman–Crippen LogP) is 2.56. The van der Waals surface area contributed by atoms with Crippen molar-refractivity contribution in [1.29, 1.82) is 0 Å². The minimum Gasteiger partial charge on any atom is -0.345 e. The normalized spacial score (nSPS) is 12.4. The first kappa shape index (κ1) is 16.5. The Morgan fingerprint density at radius 2 is 1.76 bits per heavy atom. The van der Waals surface area contributed by atoms with Crippen LogP contribution in [0.15, 0.2) is 9.98 Å². The Balaban J connectivity index is 4.25. The zero-order valence-electron chi connectivity index (χ0n) is 9.93. The van der Waals surface area contributed by atoms with E-state index in [1.54, 1.807) is 0 Å². The number of hydrogen-bond donors (Lipinski definition) is 2. The molecule has 1 unspecified atom stereocenters. The van der Waals surface area contributed by atoms with Crippen LogP contribution >= 0.6 is 24.4 Å². The molecular formula is C11H18N2O2S2. The summed E-state index contributed by atoms with van der Waals surface area (Å²) in [4.78, 5) is 7.00. The Bertz CT molecular complexity index is 309. The van der Waals surface area contributed by atoms with Gasteiger partial charge in [0.05, 0.1) is 10.3 Å². The number of aliphatic hydroxyl groups is 2. The average Bonchev–Trinajstić information content (AvgIpc) is 2.27. The third kappa shape index (κ3) is 7.45. The lowest BCUT2D eigenvalue weighted by atomic mass is 10.0. The first-order chi connectivity index (χ1) is 8.08. The van der Waals surface area contributed by atoms with Gasteiger partial charge in [-0.15, -0.1) is 0 Å². The maximum Gasteiger partial charge on any atom is 0.297 e. The van der Waals surface area contributed by atoms with Crippen LogP contribution in [0.5, 0.6) is 0 Å². The van der Waals surface area contributed by atoms with Crippen molar-refractivity contribution in [3.8, 4) is 0 Å². The molecule has 0 bridgehead atoms. The summed E-state index contributed by atoms with van der Waals surface area (Å²) in [5.41, 5.74) is 0. The highest BCUT2D eigenvalue weighted by atomic mass is 32.1. The molecule has 0 amide bonds. The van der Waals surface area contributed by atoms with E-state index in [0.29, 0.717) is 6.42 Å². The molecule has 0 aromatic heterocycles. The molecule has 0 heterocycles. The molecule has 1 atom stereocenters. The van der Waals surface area contributed by atoms with Gasteiger partial charge in [-0.1, -0.05) is 39.0 Å². The minimum atomic E-state index is -2.32. The fraction of sp³-hybridized carbons (Fsp3) is 0.818. The van der Waals surface area contributed by atoms with Crippen LogP contribution in [0, 0.1) is 0 Å². The maximum atomic E-state index is 9.59. The van der Waals surface area contributed by atoms with E-state index < -0.39 is 12.0 Å². The second-order valence-corrected chi connectivity index (χ2v) is 4.19. The quantitative estimate of drug-likeness (QED) is 0.293. The first-order valence-electron chi connectivity index (χ1n) is 5.69. The van der Waals surface area contributed by atoms with Gasteiger partial charge in [-0.25, -0.2) is 4.99 Å². The van der Waals surface area contributed by atoms with Crippen LogP contribution < -0.4 is 0 Å². The summed E-state index contributed by atoms with van der Waals surface area (Å²) >= 11 is 8.82. The molecule has 17 heavy (non-hydrogen) atoms. The van der Waals surface area contributed by atoms with Crippen molar-refractivity contribution in [2.45, 2.75) is 57.4 Å². The van der Waals surface area contributed by atoms with Gasteiger partial charge in [0.1, 0.15) is 6.04 Å². The Morgan fingerprint density at radius 1 is 1.12 bits per heavy atom. The fourth-order valence-electron chi connectivity index (χ4n) is 1.49. The van der Waals surface area contributed by atoms with Crippen LogP contribution in [0.2, 0.25) is 0 Å². The summed E-state index contributed by atoms with van der Waals surface area (Å²) < 4.78 is 0. The van der Waals surface area contributed by atoms with Gasteiger partial charge in [0, 0.05) is 0 Å². The van der Waals surface area contributed by atoms with E-state index in [1.165, 1.54) is 12.8 Å². The molecule has 0 aliphatic heterocycles. The summed E-state index contributed by atoms with van der Waals surface area (Å²) in [6.45, 7) is 2.14. The minimum absolute atomic E-state index is 0.487. The summed E-state index contributed by atoms with van der Waals surface area (Å²) in [6.07, 6.45) is 5.82. The molecule has 6 heteroatoms. The van der Waals surface area contributed by atoms with E-state index >= 15 is 0 Å². The summed E-state index contributed by atoms with van der Waals surface area (Å²) in [5, 5.41) is 23.3. The molecule has 0 spiro atoms. The van der Waals surface area contributed by atoms with Crippen LogP contribution in [-0.2, 0) is 0 Å². The van der Waals surface area contributed by atoms with E-state index in [4.69, 9.17) is 0 Å². The molecule has 0 aromatic carbocycles. The highest BCUT2D eigenvalue weighted by Crippen LogP contribution is 2.19. The van der Waals surface area contributed by atoms with Gasteiger partial charge in [-0.05, 0) is 30.9 Å². The van der Waals surface area contributed by atoms with E-state index in [1.807, 2.05) is 5.16 Å². The molecule has 0 rings (SSSR count). The van der Waals surface area contributed by atoms with Crippen LogP contribution in [0.25, 0.3) is 0 Å². The van der Waals surface area contributed by atoms with Crippen molar-refractivity contribution in [2.75, 3.05) is 0 Å². The summed E-state index contributed by atoms with van der Waals surface area (Å²) in [7, 11) is 0. The second-order valence-electron chi connectivity index (χ2n) is 3.83. The molecular weight excluding hydrogens is 256 g/mol. The number of rotatable bonds is 9. The largest absolute Gasteiger partial charge is 0.345 e.